The van der Waals surface area contributed by atoms with E-state index in [1.165, 1.54) is 0 Å². The van der Waals surface area contributed by atoms with Gasteiger partial charge in [0.25, 0.3) is 5.88 Å². The maximum atomic E-state index is 13.1. The first-order chi connectivity index (χ1) is 7.74. The van der Waals surface area contributed by atoms with Gasteiger partial charge in [-0.1, -0.05) is 0 Å². The number of carboxylic acid groups (broad SMARTS) is 1. The van der Waals surface area contributed by atoms with Crippen LogP contribution in [0.1, 0.15) is 16.1 Å². The zero-order chi connectivity index (χ0) is 13.2. The number of aromatic carboxylic acids is 1. The van der Waals surface area contributed by atoms with Crippen LogP contribution >= 0.6 is 0 Å². The summed E-state index contributed by atoms with van der Waals surface area (Å²) < 4.78 is 64.0. The third kappa shape index (κ3) is 3.26. The van der Waals surface area contributed by atoms with E-state index in [1.807, 2.05) is 0 Å². The molecule has 0 saturated carbocycles. The Morgan fingerprint density at radius 2 is 2.06 bits per heavy atom. The number of pyridine rings is 1. The van der Waals surface area contributed by atoms with Gasteiger partial charge in [0.1, 0.15) is 6.67 Å². The highest BCUT2D eigenvalue weighted by Gasteiger charge is 2.34. The number of ether oxygens (including phenoxy) is 1. The highest BCUT2D eigenvalue weighted by molar-refractivity contribution is 5.85. The Balaban J connectivity index is 3.28. The molecule has 1 N–H and O–H groups in total. The average Bonchev–Trinajstić information content (AvgIpc) is 2.18. The molecule has 1 heterocycles. The summed E-state index contributed by atoms with van der Waals surface area (Å²) in [5, 5.41) is 8.47. The molecule has 0 saturated heterocycles. The zero-order valence-corrected chi connectivity index (χ0v) is 7.89. The Morgan fingerprint density at radius 3 is 2.47 bits per heavy atom. The molecule has 0 atom stereocenters. The monoisotopic (exact) mass is 257 g/mol. The summed E-state index contributed by atoms with van der Waals surface area (Å²) in [6.45, 7) is -1.48. The second kappa shape index (κ2) is 4.52. The van der Waals surface area contributed by atoms with Gasteiger partial charge in [0.15, 0.2) is 11.5 Å². The van der Waals surface area contributed by atoms with Gasteiger partial charge in [-0.15, -0.1) is 13.2 Å². The molecule has 0 aliphatic heterocycles. The van der Waals surface area contributed by atoms with Crippen LogP contribution in [-0.4, -0.2) is 22.4 Å². The summed E-state index contributed by atoms with van der Waals surface area (Å²) in [7, 11) is 0. The third-order valence-electron chi connectivity index (χ3n) is 1.58. The molecule has 1 aromatic rings. The molecule has 1 rings (SSSR count). The maximum Gasteiger partial charge on any atom is 0.574 e. The molecule has 0 aliphatic rings. The van der Waals surface area contributed by atoms with Crippen molar-refractivity contribution in [2.75, 3.05) is 0 Å². The van der Waals surface area contributed by atoms with Gasteiger partial charge in [-0.2, -0.15) is 0 Å². The SMILES string of the molecule is O=C(O)c1cc(CF)c(F)c(OC(F)(F)F)n1. The van der Waals surface area contributed by atoms with E-state index in [0.717, 1.165) is 0 Å². The summed E-state index contributed by atoms with van der Waals surface area (Å²) >= 11 is 0. The van der Waals surface area contributed by atoms with Crippen LogP contribution in [0.4, 0.5) is 22.0 Å². The van der Waals surface area contributed by atoms with Crippen LogP contribution in [-0.2, 0) is 6.67 Å². The number of aromatic nitrogens is 1. The number of nitrogens with zero attached hydrogens (tertiary/aromatic N) is 1. The van der Waals surface area contributed by atoms with Crippen LogP contribution in [0.15, 0.2) is 6.07 Å². The molecule has 17 heavy (non-hydrogen) atoms. The van der Waals surface area contributed by atoms with Gasteiger partial charge in [-0.3, -0.25) is 0 Å². The van der Waals surface area contributed by atoms with E-state index in [0.29, 0.717) is 6.07 Å². The maximum absolute atomic E-state index is 13.1. The number of carbonyl (C=O) groups is 1. The first-order valence-corrected chi connectivity index (χ1v) is 3.99. The van der Waals surface area contributed by atoms with Gasteiger partial charge in [0.2, 0.25) is 0 Å². The molecule has 0 spiro atoms. The molecule has 0 amide bonds. The number of hydrogen-bond acceptors (Lipinski definition) is 3. The third-order valence-corrected chi connectivity index (χ3v) is 1.58. The van der Waals surface area contributed by atoms with Crippen LogP contribution in [0.2, 0.25) is 0 Å². The van der Waals surface area contributed by atoms with Gasteiger partial charge in [0, 0.05) is 5.56 Å². The standard InChI is InChI=1S/C8H4F5NO3/c9-2-3-1-4(7(15)16)14-6(5(3)10)17-8(11,12)13/h1H,2H2,(H,15,16). The Kier molecular flexibility index (Phi) is 3.49. The van der Waals surface area contributed by atoms with Crippen molar-refractivity contribution in [1.29, 1.82) is 0 Å². The molecule has 4 nitrogen and oxygen atoms in total. The molecule has 94 valence electrons. The van der Waals surface area contributed by atoms with Crippen LogP contribution < -0.4 is 4.74 Å². The fraction of sp³-hybridized carbons (Fsp3) is 0.250. The van der Waals surface area contributed by atoms with Gasteiger partial charge in [-0.05, 0) is 6.07 Å². The van der Waals surface area contributed by atoms with E-state index in [1.54, 1.807) is 0 Å². The number of alkyl halides is 4. The van der Waals surface area contributed by atoms with Crippen molar-refractivity contribution in [3.8, 4) is 5.88 Å². The van der Waals surface area contributed by atoms with Crippen molar-refractivity contribution in [3.05, 3.63) is 23.1 Å². The molecule has 0 aliphatic carbocycles. The summed E-state index contributed by atoms with van der Waals surface area (Å²) in [5.74, 6) is -5.04. The molecular formula is C8H4F5NO3. The fourth-order valence-electron chi connectivity index (χ4n) is 0.941. The van der Waals surface area contributed by atoms with Gasteiger partial charge >= 0.3 is 12.3 Å². The van der Waals surface area contributed by atoms with Crippen molar-refractivity contribution < 1.29 is 36.6 Å². The van der Waals surface area contributed by atoms with E-state index in [2.05, 4.69) is 9.72 Å². The van der Waals surface area contributed by atoms with Crippen LogP contribution in [0.5, 0.6) is 5.88 Å². The Morgan fingerprint density at radius 1 is 1.47 bits per heavy atom. The Hall–Kier alpha value is -1.93. The smallest absolute Gasteiger partial charge is 0.477 e. The summed E-state index contributed by atoms with van der Waals surface area (Å²) in [4.78, 5) is 13.2. The number of carboxylic acids is 1. The minimum absolute atomic E-state index is 0.487. The molecule has 0 fully saturated rings. The molecule has 9 heteroatoms. The van der Waals surface area contributed by atoms with Crippen LogP contribution in [0.25, 0.3) is 0 Å². The largest absolute Gasteiger partial charge is 0.574 e. The van der Waals surface area contributed by atoms with E-state index < -0.39 is 42.0 Å². The second-order valence-electron chi connectivity index (χ2n) is 2.77. The Bertz CT molecular complexity index is 446. The van der Waals surface area contributed by atoms with Crippen molar-refractivity contribution >= 4 is 5.97 Å². The lowest BCUT2D eigenvalue weighted by atomic mass is 10.2. The Labute approximate surface area is 90.6 Å². The summed E-state index contributed by atoms with van der Waals surface area (Å²) in [6.07, 6.45) is -5.25. The zero-order valence-electron chi connectivity index (χ0n) is 7.89. The van der Waals surface area contributed by atoms with Gasteiger partial charge in [0.05, 0.1) is 0 Å². The first kappa shape index (κ1) is 13.1. The normalized spacial score (nSPS) is 11.4. The first-order valence-electron chi connectivity index (χ1n) is 3.99. The van der Waals surface area contributed by atoms with E-state index >= 15 is 0 Å². The summed E-state index contributed by atoms with van der Waals surface area (Å²) in [5.41, 5.74) is -1.82. The lowest BCUT2D eigenvalue weighted by molar-refractivity contribution is -0.277. The predicted molar refractivity (Wildman–Crippen MR) is 42.6 cm³/mol. The topological polar surface area (TPSA) is 59.4 Å². The second-order valence-corrected chi connectivity index (χ2v) is 2.77. The van der Waals surface area contributed by atoms with Crippen molar-refractivity contribution in [2.45, 2.75) is 13.0 Å². The highest BCUT2D eigenvalue weighted by atomic mass is 19.4. The lowest BCUT2D eigenvalue weighted by Crippen LogP contribution is -2.20. The number of rotatable bonds is 3. The van der Waals surface area contributed by atoms with E-state index in [-0.39, 0.29) is 0 Å². The highest BCUT2D eigenvalue weighted by Crippen LogP contribution is 2.26. The fourth-order valence-corrected chi connectivity index (χ4v) is 0.941. The predicted octanol–water partition coefficient (Wildman–Crippen LogP) is 2.29. The average molecular weight is 257 g/mol. The molecule has 0 aromatic carbocycles. The quantitative estimate of drug-likeness (QED) is 0.844. The van der Waals surface area contributed by atoms with Crippen molar-refractivity contribution in [1.82, 2.24) is 4.98 Å². The van der Waals surface area contributed by atoms with E-state index in [4.69, 9.17) is 5.11 Å². The van der Waals surface area contributed by atoms with Crippen LogP contribution in [0, 0.1) is 5.82 Å². The number of hydrogen-bond donors (Lipinski definition) is 1. The van der Waals surface area contributed by atoms with Crippen molar-refractivity contribution in [2.24, 2.45) is 0 Å². The molecule has 1 aromatic heterocycles. The van der Waals surface area contributed by atoms with Gasteiger partial charge < -0.3 is 9.84 Å². The molecule has 0 unspecified atom stereocenters. The number of halogens is 5. The minimum Gasteiger partial charge on any atom is -0.477 e. The molecular weight excluding hydrogens is 253 g/mol. The molecule has 0 bridgehead atoms. The van der Waals surface area contributed by atoms with Crippen LogP contribution in [0.3, 0.4) is 0 Å². The molecule has 0 radical (unpaired) electrons. The lowest BCUT2D eigenvalue weighted by Gasteiger charge is -2.10. The minimum atomic E-state index is -5.25. The van der Waals surface area contributed by atoms with Crippen molar-refractivity contribution in [3.63, 3.8) is 0 Å². The van der Waals surface area contributed by atoms with Gasteiger partial charge in [-0.25, -0.2) is 18.6 Å². The van der Waals surface area contributed by atoms with E-state index in [9.17, 15) is 26.7 Å². The summed E-state index contributed by atoms with van der Waals surface area (Å²) in [6, 6.07) is 0.487.